The smallest absolute Gasteiger partial charge is 0.355 e. The van der Waals surface area contributed by atoms with Crippen LogP contribution in [0, 0.1) is 5.92 Å². The average molecular weight is 342 g/mol. The molecule has 1 aromatic carbocycles. The summed E-state index contributed by atoms with van der Waals surface area (Å²) in [5, 5.41) is 5.43. The summed E-state index contributed by atoms with van der Waals surface area (Å²) >= 11 is 0. The molecule has 1 aliphatic rings. The fourth-order valence-electron chi connectivity index (χ4n) is 2.63. The molecule has 0 saturated carbocycles. The first kappa shape index (κ1) is 18.3. The average Bonchev–Trinajstić information content (AvgIpc) is 2.53. The molecule has 0 spiro atoms. The number of rotatable bonds is 4. The molecule has 1 heterocycles. The first-order valence-corrected chi connectivity index (χ1v) is 7.82. The van der Waals surface area contributed by atoms with Gasteiger partial charge in [-0.2, -0.15) is 13.2 Å². The van der Waals surface area contributed by atoms with Crippen molar-refractivity contribution >= 4 is 11.8 Å². The minimum Gasteiger partial charge on any atom is -0.355 e. The molecule has 1 saturated heterocycles. The monoisotopic (exact) mass is 342 g/mol. The highest BCUT2D eigenvalue weighted by Crippen LogP contribution is 2.32. The van der Waals surface area contributed by atoms with Crippen LogP contribution in [0.1, 0.15) is 37.8 Å². The number of hydrogen-bond donors (Lipinski definition) is 2. The Morgan fingerprint density at radius 3 is 2.54 bits per heavy atom. The molecule has 24 heavy (non-hydrogen) atoms. The molecule has 2 N–H and O–H groups in total. The Hall–Kier alpha value is -2.05. The van der Waals surface area contributed by atoms with Gasteiger partial charge in [0.25, 0.3) is 0 Å². The third-order valence-corrected chi connectivity index (χ3v) is 4.31. The molecule has 1 fully saturated rings. The minimum absolute atomic E-state index is 0.0663. The predicted octanol–water partition coefficient (Wildman–Crippen LogP) is 2.63. The maximum Gasteiger partial charge on any atom is 0.416 e. The normalized spacial score (nSPS) is 18.9. The van der Waals surface area contributed by atoms with Gasteiger partial charge in [-0.15, -0.1) is 0 Å². The second-order valence-electron chi connectivity index (χ2n) is 6.72. The van der Waals surface area contributed by atoms with Crippen LogP contribution in [-0.4, -0.2) is 24.9 Å². The molecule has 4 nitrogen and oxygen atoms in total. The topological polar surface area (TPSA) is 58.2 Å². The molecule has 0 radical (unpaired) electrons. The van der Waals surface area contributed by atoms with Crippen LogP contribution < -0.4 is 10.6 Å². The number of benzene rings is 1. The summed E-state index contributed by atoms with van der Waals surface area (Å²) < 4.78 is 38.5. The molecule has 1 atom stereocenters. The molecule has 1 aromatic rings. The van der Waals surface area contributed by atoms with E-state index in [2.05, 4.69) is 10.6 Å². The van der Waals surface area contributed by atoms with Crippen LogP contribution in [0.3, 0.4) is 0 Å². The van der Waals surface area contributed by atoms with E-state index in [0.29, 0.717) is 24.9 Å². The van der Waals surface area contributed by atoms with Gasteiger partial charge in [-0.1, -0.05) is 32.0 Å². The Balaban J connectivity index is 2.00. The lowest BCUT2D eigenvalue weighted by Gasteiger charge is -2.28. The molecular weight excluding hydrogens is 321 g/mol. The maximum absolute atomic E-state index is 12.8. The third-order valence-electron chi connectivity index (χ3n) is 4.31. The van der Waals surface area contributed by atoms with Gasteiger partial charge in [0.1, 0.15) is 0 Å². The molecule has 1 aliphatic heterocycles. The fraction of sp³-hybridized carbons (Fsp3) is 0.529. The highest BCUT2D eigenvalue weighted by Gasteiger charge is 2.32. The Labute approximate surface area is 138 Å². The lowest BCUT2D eigenvalue weighted by molar-refractivity contribution is -0.137. The Morgan fingerprint density at radius 1 is 1.29 bits per heavy atom. The zero-order chi connectivity index (χ0) is 18.0. The number of hydrogen-bond acceptors (Lipinski definition) is 2. The zero-order valence-electron chi connectivity index (χ0n) is 13.7. The Kier molecular flexibility index (Phi) is 5.20. The van der Waals surface area contributed by atoms with Crippen LogP contribution >= 0.6 is 0 Å². The van der Waals surface area contributed by atoms with Crippen molar-refractivity contribution < 1.29 is 22.8 Å². The fourth-order valence-corrected chi connectivity index (χ4v) is 2.63. The number of alkyl halides is 3. The summed E-state index contributed by atoms with van der Waals surface area (Å²) in [5.74, 6) is -0.543. The maximum atomic E-state index is 12.8. The second kappa shape index (κ2) is 6.83. The van der Waals surface area contributed by atoms with E-state index < -0.39 is 17.2 Å². The van der Waals surface area contributed by atoms with Crippen LogP contribution in [0.2, 0.25) is 0 Å². The van der Waals surface area contributed by atoms with E-state index >= 15 is 0 Å². The molecule has 0 bridgehead atoms. The standard InChI is InChI=1S/C17H21F3N2O2/c1-16(2,12-4-3-5-13(8-12)17(18,19)20)10-22-15(24)11-6-7-14(23)21-9-11/h3-5,8,11H,6-7,9-10H2,1-2H3,(H,21,23)(H,22,24). The Bertz CT molecular complexity index is 617. The third kappa shape index (κ3) is 4.49. The summed E-state index contributed by atoms with van der Waals surface area (Å²) in [5.41, 5.74) is -0.835. The second-order valence-corrected chi connectivity index (χ2v) is 6.72. The van der Waals surface area contributed by atoms with E-state index in [1.165, 1.54) is 6.07 Å². The first-order valence-electron chi connectivity index (χ1n) is 7.82. The summed E-state index contributed by atoms with van der Waals surface area (Å²) in [6.07, 6.45) is -3.59. The molecule has 132 valence electrons. The highest BCUT2D eigenvalue weighted by atomic mass is 19.4. The van der Waals surface area contributed by atoms with E-state index in [1.807, 2.05) is 0 Å². The van der Waals surface area contributed by atoms with Gasteiger partial charge in [0, 0.05) is 24.9 Å². The molecule has 0 aromatic heterocycles. The van der Waals surface area contributed by atoms with E-state index in [0.717, 1.165) is 12.1 Å². The molecule has 2 rings (SSSR count). The predicted molar refractivity (Wildman–Crippen MR) is 83.2 cm³/mol. The largest absolute Gasteiger partial charge is 0.416 e. The summed E-state index contributed by atoms with van der Waals surface area (Å²) in [6.45, 7) is 4.09. The first-order chi connectivity index (χ1) is 11.1. The van der Waals surface area contributed by atoms with Crippen molar-refractivity contribution in [2.45, 2.75) is 38.3 Å². The lowest BCUT2D eigenvalue weighted by atomic mass is 9.83. The van der Waals surface area contributed by atoms with Gasteiger partial charge in [0.15, 0.2) is 0 Å². The van der Waals surface area contributed by atoms with Crippen molar-refractivity contribution in [1.82, 2.24) is 10.6 Å². The van der Waals surface area contributed by atoms with E-state index in [-0.39, 0.29) is 24.3 Å². The molecule has 2 amide bonds. The number of carbonyl (C=O) groups excluding carboxylic acids is 2. The van der Waals surface area contributed by atoms with Crippen LogP contribution in [0.15, 0.2) is 24.3 Å². The van der Waals surface area contributed by atoms with Gasteiger partial charge in [-0.25, -0.2) is 0 Å². The molecule has 7 heteroatoms. The van der Waals surface area contributed by atoms with Crippen molar-refractivity contribution in [2.75, 3.05) is 13.1 Å². The summed E-state index contributed by atoms with van der Waals surface area (Å²) in [7, 11) is 0. The Morgan fingerprint density at radius 2 is 1.96 bits per heavy atom. The van der Waals surface area contributed by atoms with Crippen molar-refractivity contribution in [3.05, 3.63) is 35.4 Å². The van der Waals surface area contributed by atoms with E-state index in [1.54, 1.807) is 19.9 Å². The van der Waals surface area contributed by atoms with Crippen LogP contribution in [0.4, 0.5) is 13.2 Å². The van der Waals surface area contributed by atoms with Crippen LogP contribution in [-0.2, 0) is 21.2 Å². The minimum atomic E-state index is -4.39. The van der Waals surface area contributed by atoms with Gasteiger partial charge in [0.2, 0.25) is 11.8 Å². The zero-order valence-corrected chi connectivity index (χ0v) is 13.7. The summed E-state index contributed by atoms with van der Waals surface area (Å²) in [6, 6.07) is 5.15. The van der Waals surface area contributed by atoms with Gasteiger partial charge in [-0.05, 0) is 18.1 Å². The SMILES string of the molecule is CC(C)(CNC(=O)C1CCC(=O)NC1)c1cccc(C(F)(F)F)c1. The molecule has 1 unspecified atom stereocenters. The number of halogens is 3. The number of amides is 2. The molecule has 0 aliphatic carbocycles. The summed E-state index contributed by atoms with van der Waals surface area (Å²) in [4.78, 5) is 23.3. The number of piperidine rings is 1. The number of nitrogens with one attached hydrogen (secondary N) is 2. The van der Waals surface area contributed by atoms with Crippen molar-refractivity contribution in [2.24, 2.45) is 5.92 Å². The van der Waals surface area contributed by atoms with Crippen molar-refractivity contribution in [1.29, 1.82) is 0 Å². The van der Waals surface area contributed by atoms with Gasteiger partial charge in [0.05, 0.1) is 11.5 Å². The van der Waals surface area contributed by atoms with E-state index in [9.17, 15) is 22.8 Å². The van der Waals surface area contributed by atoms with Gasteiger partial charge < -0.3 is 10.6 Å². The van der Waals surface area contributed by atoms with Gasteiger partial charge >= 0.3 is 6.18 Å². The van der Waals surface area contributed by atoms with Crippen molar-refractivity contribution in [3.8, 4) is 0 Å². The highest BCUT2D eigenvalue weighted by molar-refractivity contribution is 5.83. The quantitative estimate of drug-likeness (QED) is 0.884. The van der Waals surface area contributed by atoms with Crippen LogP contribution in [0.5, 0.6) is 0 Å². The van der Waals surface area contributed by atoms with E-state index in [4.69, 9.17) is 0 Å². The molecular formula is C17H21F3N2O2. The lowest BCUT2D eigenvalue weighted by Crippen LogP contribution is -2.45. The van der Waals surface area contributed by atoms with Crippen molar-refractivity contribution in [3.63, 3.8) is 0 Å². The number of carbonyl (C=O) groups is 2. The van der Waals surface area contributed by atoms with Gasteiger partial charge in [-0.3, -0.25) is 9.59 Å². The van der Waals surface area contributed by atoms with Crippen LogP contribution in [0.25, 0.3) is 0 Å².